The van der Waals surface area contributed by atoms with E-state index in [0.29, 0.717) is 5.56 Å². The first-order valence-electron chi connectivity index (χ1n) is 7.07. The van der Waals surface area contributed by atoms with Crippen LogP contribution in [0.25, 0.3) is 5.76 Å². The summed E-state index contributed by atoms with van der Waals surface area (Å²) in [4.78, 5) is 11.7. The van der Waals surface area contributed by atoms with Gasteiger partial charge in [-0.1, -0.05) is 30.3 Å². The highest BCUT2D eigenvalue weighted by molar-refractivity contribution is 7.48. The molecule has 0 bridgehead atoms. The van der Waals surface area contributed by atoms with Crippen molar-refractivity contribution < 1.29 is 27.7 Å². The van der Waals surface area contributed by atoms with Crippen LogP contribution in [0.3, 0.4) is 0 Å². The number of benzene rings is 1. The number of hydrogen-bond donors (Lipinski definition) is 0. The fourth-order valence-corrected chi connectivity index (χ4v) is 2.79. The summed E-state index contributed by atoms with van der Waals surface area (Å²) in [5.41, 5.74) is 0.565. The number of ether oxygens (including phenoxy) is 1. The zero-order valence-electron chi connectivity index (χ0n) is 13.0. The summed E-state index contributed by atoms with van der Waals surface area (Å²) in [6.45, 7) is 5.57. The molecule has 1 aromatic rings. The second-order valence-corrected chi connectivity index (χ2v) is 5.59. The second kappa shape index (κ2) is 9.41. The van der Waals surface area contributed by atoms with Gasteiger partial charge in [0.1, 0.15) is 5.76 Å². The predicted octanol–water partition coefficient (Wildman–Crippen LogP) is 3.79. The van der Waals surface area contributed by atoms with Gasteiger partial charge < -0.3 is 9.26 Å². The number of esters is 1. The van der Waals surface area contributed by atoms with E-state index in [4.69, 9.17) is 18.3 Å². The fourth-order valence-electron chi connectivity index (χ4n) is 1.58. The van der Waals surface area contributed by atoms with Crippen LogP contribution in [-0.4, -0.2) is 25.8 Å². The molecule has 0 aromatic heterocycles. The van der Waals surface area contributed by atoms with Gasteiger partial charge in [-0.15, -0.1) is 0 Å². The average molecular weight is 328 g/mol. The summed E-state index contributed by atoms with van der Waals surface area (Å²) in [7, 11) is -3.79. The first-order chi connectivity index (χ1) is 10.5. The lowest BCUT2D eigenvalue weighted by Crippen LogP contribution is -2.04. The highest BCUT2D eigenvalue weighted by Gasteiger charge is 2.29. The standard InChI is InChI=1S/C15H21O6P/c1-4-18-15(16)12-14(13-10-8-7-9-11-13)21-22(17,19-5-2)20-6-3/h7-12H,4-6H2,1-3H3/b14-12+. The minimum Gasteiger partial charge on any atom is -0.463 e. The van der Waals surface area contributed by atoms with Crippen molar-refractivity contribution in [1.29, 1.82) is 0 Å². The number of rotatable bonds is 9. The summed E-state index contributed by atoms with van der Waals surface area (Å²) in [5.74, 6) is -0.523. The molecule has 0 saturated heterocycles. The van der Waals surface area contributed by atoms with Crippen LogP contribution in [0.4, 0.5) is 0 Å². The third-order valence-corrected chi connectivity index (χ3v) is 3.95. The molecular weight excluding hydrogens is 307 g/mol. The summed E-state index contributed by atoms with van der Waals surface area (Å²) < 4.78 is 32.9. The molecule has 0 N–H and O–H groups in total. The Morgan fingerprint density at radius 2 is 1.64 bits per heavy atom. The molecule has 7 heteroatoms. The molecular formula is C15H21O6P. The Morgan fingerprint density at radius 3 is 2.14 bits per heavy atom. The van der Waals surface area contributed by atoms with E-state index in [2.05, 4.69) is 0 Å². The number of carbonyl (C=O) groups is 1. The van der Waals surface area contributed by atoms with Gasteiger partial charge in [-0.2, -0.15) is 0 Å². The van der Waals surface area contributed by atoms with Crippen molar-refractivity contribution in [3.05, 3.63) is 42.0 Å². The Hall–Kier alpha value is -1.62. The van der Waals surface area contributed by atoms with E-state index in [1.165, 1.54) is 0 Å². The Morgan fingerprint density at radius 1 is 1.05 bits per heavy atom. The molecule has 0 atom stereocenters. The molecule has 0 aliphatic heterocycles. The molecule has 0 spiro atoms. The molecule has 0 amide bonds. The van der Waals surface area contributed by atoms with Crippen molar-refractivity contribution in [2.75, 3.05) is 19.8 Å². The molecule has 1 rings (SSSR count). The Labute approximate surface area is 130 Å². The van der Waals surface area contributed by atoms with Crippen LogP contribution in [0.1, 0.15) is 26.3 Å². The van der Waals surface area contributed by atoms with Crippen LogP contribution in [-0.2, 0) is 27.7 Å². The average Bonchev–Trinajstić information content (AvgIpc) is 2.48. The largest absolute Gasteiger partial charge is 0.530 e. The van der Waals surface area contributed by atoms with Crippen molar-refractivity contribution in [1.82, 2.24) is 0 Å². The molecule has 0 fully saturated rings. The third kappa shape index (κ3) is 6.02. The van der Waals surface area contributed by atoms with Crippen molar-refractivity contribution in [2.24, 2.45) is 0 Å². The van der Waals surface area contributed by atoms with Crippen LogP contribution >= 0.6 is 7.82 Å². The topological polar surface area (TPSA) is 71.1 Å². The van der Waals surface area contributed by atoms with Crippen molar-refractivity contribution >= 4 is 19.6 Å². The van der Waals surface area contributed by atoms with Gasteiger partial charge in [0, 0.05) is 5.56 Å². The monoisotopic (exact) mass is 328 g/mol. The molecule has 6 nitrogen and oxygen atoms in total. The molecule has 122 valence electrons. The summed E-state index contributed by atoms with van der Waals surface area (Å²) in [6, 6.07) is 8.78. The predicted molar refractivity (Wildman–Crippen MR) is 83.0 cm³/mol. The zero-order chi connectivity index (χ0) is 16.4. The van der Waals surface area contributed by atoms with Crippen LogP contribution < -0.4 is 0 Å². The summed E-state index contributed by atoms with van der Waals surface area (Å²) in [5, 5.41) is 0. The third-order valence-electron chi connectivity index (χ3n) is 2.38. The lowest BCUT2D eigenvalue weighted by molar-refractivity contribution is -0.137. The lowest BCUT2D eigenvalue weighted by atomic mass is 10.2. The summed E-state index contributed by atoms with van der Waals surface area (Å²) in [6.07, 6.45) is 1.13. The van der Waals surface area contributed by atoms with Crippen LogP contribution in [0, 0.1) is 0 Å². The maximum Gasteiger partial charge on any atom is 0.530 e. The van der Waals surface area contributed by atoms with E-state index in [-0.39, 0.29) is 25.6 Å². The van der Waals surface area contributed by atoms with Gasteiger partial charge in [0.2, 0.25) is 0 Å². The number of phosphoric ester groups is 1. The highest BCUT2D eigenvalue weighted by Crippen LogP contribution is 2.52. The molecule has 1 aromatic carbocycles. The quantitative estimate of drug-likeness (QED) is 0.297. The van der Waals surface area contributed by atoms with Crippen LogP contribution in [0.5, 0.6) is 0 Å². The van der Waals surface area contributed by atoms with E-state index in [9.17, 15) is 9.36 Å². The van der Waals surface area contributed by atoms with Gasteiger partial charge in [0.05, 0.1) is 25.9 Å². The van der Waals surface area contributed by atoms with Gasteiger partial charge in [-0.3, -0.25) is 9.05 Å². The molecule has 0 unspecified atom stereocenters. The highest BCUT2D eigenvalue weighted by atomic mass is 31.2. The molecule has 22 heavy (non-hydrogen) atoms. The van der Waals surface area contributed by atoms with Crippen molar-refractivity contribution in [3.8, 4) is 0 Å². The zero-order valence-corrected chi connectivity index (χ0v) is 13.9. The molecule has 0 heterocycles. The first-order valence-corrected chi connectivity index (χ1v) is 8.53. The van der Waals surface area contributed by atoms with E-state index >= 15 is 0 Å². The van der Waals surface area contributed by atoms with E-state index in [1.807, 2.05) is 6.07 Å². The normalized spacial score (nSPS) is 12.0. The van der Waals surface area contributed by atoms with Crippen molar-refractivity contribution in [2.45, 2.75) is 20.8 Å². The van der Waals surface area contributed by atoms with Crippen LogP contribution in [0.2, 0.25) is 0 Å². The van der Waals surface area contributed by atoms with E-state index in [0.717, 1.165) is 6.08 Å². The van der Waals surface area contributed by atoms with Gasteiger partial charge in [0.15, 0.2) is 0 Å². The lowest BCUT2D eigenvalue weighted by Gasteiger charge is -2.19. The van der Waals surface area contributed by atoms with Crippen LogP contribution in [0.15, 0.2) is 36.4 Å². The Bertz CT molecular complexity index is 530. The summed E-state index contributed by atoms with van der Waals surface area (Å²) >= 11 is 0. The van der Waals surface area contributed by atoms with Gasteiger partial charge in [-0.25, -0.2) is 9.36 Å². The minimum atomic E-state index is -3.79. The Balaban J connectivity index is 3.10. The van der Waals surface area contributed by atoms with Gasteiger partial charge in [-0.05, 0) is 20.8 Å². The smallest absolute Gasteiger partial charge is 0.463 e. The molecule has 0 aliphatic rings. The van der Waals surface area contributed by atoms with Gasteiger partial charge in [0.25, 0.3) is 0 Å². The van der Waals surface area contributed by atoms with Gasteiger partial charge >= 0.3 is 13.8 Å². The molecule has 0 radical (unpaired) electrons. The second-order valence-electron chi connectivity index (χ2n) is 4.00. The SMILES string of the molecule is CCOC(=O)/C=C(/OP(=O)(OCC)OCC)c1ccccc1. The molecule has 0 saturated carbocycles. The maximum absolute atomic E-state index is 12.5. The van der Waals surface area contributed by atoms with Crippen molar-refractivity contribution in [3.63, 3.8) is 0 Å². The maximum atomic E-state index is 12.5. The number of carbonyl (C=O) groups excluding carboxylic acids is 1. The first kappa shape index (κ1) is 18.4. The minimum absolute atomic E-state index is 0.0734. The number of phosphoric acid groups is 1. The van der Waals surface area contributed by atoms with E-state index in [1.54, 1.807) is 45.0 Å². The molecule has 0 aliphatic carbocycles. The fraction of sp³-hybridized carbons (Fsp3) is 0.400. The number of hydrogen-bond acceptors (Lipinski definition) is 6. The van der Waals surface area contributed by atoms with E-state index < -0.39 is 13.8 Å². The Kier molecular flexibility index (Phi) is 7.88.